The van der Waals surface area contributed by atoms with Gasteiger partial charge in [-0.3, -0.25) is 4.79 Å². The van der Waals surface area contributed by atoms with Crippen molar-refractivity contribution in [3.8, 4) is 6.07 Å². The number of halogens is 1. The first kappa shape index (κ1) is 13.3. The molecule has 1 N–H and O–H groups in total. The zero-order chi connectivity index (χ0) is 14.1. The van der Waals surface area contributed by atoms with Crippen molar-refractivity contribution in [2.24, 2.45) is 5.92 Å². The molecular formula is C16H17FN2O. The molecule has 2 atom stereocenters. The average Bonchev–Trinajstić information content (AvgIpc) is 2.79. The largest absolute Gasteiger partial charge is 0.311 e. The Morgan fingerprint density at radius 2 is 2.05 bits per heavy atom. The number of rotatable bonds is 3. The van der Waals surface area contributed by atoms with Gasteiger partial charge in [0.15, 0.2) is 0 Å². The fraction of sp³-hybridized carbons (Fsp3) is 0.500. The Bertz CT molecular complexity index is 566. The van der Waals surface area contributed by atoms with Crippen LogP contribution in [0.4, 0.5) is 4.39 Å². The van der Waals surface area contributed by atoms with Gasteiger partial charge in [0.25, 0.3) is 0 Å². The van der Waals surface area contributed by atoms with Crippen LogP contribution in [0.25, 0.3) is 0 Å². The molecule has 2 unspecified atom stereocenters. The number of nitrogens with zero attached hydrogens (tertiary/aromatic N) is 1. The van der Waals surface area contributed by atoms with Crippen molar-refractivity contribution in [1.29, 1.82) is 5.26 Å². The van der Waals surface area contributed by atoms with Gasteiger partial charge in [-0.05, 0) is 43.4 Å². The number of benzene rings is 1. The minimum absolute atomic E-state index is 0.0591. The Kier molecular flexibility index (Phi) is 3.54. The highest BCUT2D eigenvalue weighted by Crippen LogP contribution is 2.32. The Morgan fingerprint density at radius 1 is 1.35 bits per heavy atom. The monoisotopic (exact) mass is 272 g/mol. The Hall–Kier alpha value is -1.73. The van der Waals surface area contributed by atoms with Gasteiger partial charge in [-0.15, -0.1) is 0 Å². The van der Waals surface area contributed by atoms with Gasteiger partial charge >= 0.3 is 0 Å². The van der Waals surface area contributed by atoms with E-state index in [0.717, 1.165) is 25.7 Å². The third-order valence-corrected chi connectivity index (χ3v) is 4.48. The number of fused-ring (bicyclic) bond motifs is 2. The number of hydrogen-bond acceptors (Lipinski definition) is 3. The molecular weight excluding hydrogens is 255 g/mol. The second-order valence-electron chi connectivity index (χ2n) is 5.87. The third-order valence-electron chi connectivity index (χ3n) is 4.48. The highest BCUT2D eigenvalue weighted by Gasteiger charge is 2.36. The van der Waals surface area contributed by atoms with Crippen molar-refractivity contribution in [3.05, 3.63) is 35.1 Å². The maximum Gasteiger partial charge on any atom is 0.140 e. The van der Waals surface area contributed by atoms with Crippen molar-refractivity contribution in [2.75, 3.05) is 0 Å². The number of nitrogens with one attached hydrogen (secondary N) is 1. The molecule has 2 aliphatic heterocycles. The molecule has 0 spiro atoms. The number of ketones is 1. The van der Waals surface area contributed by atoms with E-state index in [1.165, 1.54) is 6.07 Å². The third kappa shape index (κ3) is 2.59. The summed E-state index contributed by atoms with van der Waals surface area (Å²) >= 11 is 0. The van der Waals surface area contributed by atoms with Crippen LogP contribution in [0.1, 0.15) is 36.8 Å². The number of Topliss-reactive ketones (excluding diaryl/α,β-unsaturated/α-hetero) is 1. The van der Waals surface area contributed by atoms with Crippen molar-refractivity contribution in [2.45, 2.75) is 44.2 Å². The van der Waals surface area contributed by atoms with E-state index in [4.69, 9.17) is 5.26 Å². The lowest BCUT2D eigenvalue weighted by Gasteiger charge is -2.28. The maximum atomic E-state index is 13.8. The molecule has 1 aromatic carbocycles. The summed E-state index contributed by atoms with van der Waals surface area (Å²) in [6.07, 6.45) is 4.21. The van der Waals surface area contributed by atoms with Gasteiger partial charge in [-0.25, -0.2) is 4.39 Å². The standard InChI is InChI=1S/C16H17FN2O/c17-15-5-10(9-18)1-2-11(15)8-16(20)12-6-13-3-4-14(7-12)19-13/h1-2,5,12-14,19H,3-4,6-8H2. The van der Waals surface area contributed by atoms with E-state index in [2.05, 4.69) is 5.32 Å². The molecule has 2 heterocycles. The summed E-state index contributed by atoms with van der Waals surface area (Å²) in [5, 5.41) is 12.2. The molecule has 2 fully saturated rings. The lowest BCUT2D eigenvalue weighted by molar-refractivity contribution is -0.123. The van der Waals surface area contributed by atoms with Gasteiger partial charge in [0.2, 0.25) is 0 Å². The van der Waals surface area contributed by atoms with Crippen LogP contribution in [0.2, 0.25) is 0 Å². The summed E-state index contributed by atoms with van der Waals surface area (Å²) in [5.74, 6) is -0.259. The fourth-order valence-electron chi connectivity index (χ4n) is 3.41. The zero-order valence-corrected chi connectivity index (χ0v) is 11.2. The Labute approximate surface area is 117 Å². The first-order chi connectivity index (χ1) is 9.65. The van der Waals surface area contributed by atoms with Crippen molar-refractivity contribution >= 4 is 5.78 Å². The minimum atomic E-state index is -0.450. The second-order valence-corrected chi connectivity index (χ2v) is 5.87. The predicted molar refractivity (Wildman–Crippen MR) is 72.5 cm³/mol. The SMILES string of the molecule is N#Cc1ccc(CC(=O)C2CC3CCC(C2)N3)c(F)c1. The van der Waals surface area contributed by atoms with Crippen LogP contribution in [-0.4, -0.2) is 17.9 Å². The summed E-state index contributed by atoms with van der Waals surface area (Å²) in [4.78, 5) is 12.3. The summed E-state index contributed by atoms with van der Waals surface area (Å²) < 4.78 is 13.8. The molecule has 104 valence electrons. The Balaban J connectivity index is 1.68. The van der Waals surface area contributed by atoms with Crippen LogP contribution in [0.5, 0.6) is 0 Å². The fourth-order valence-corrected chi connectivity index (χ4v) is 3.41. The molecule has 2 saturated heterocycles. The van der Waals surface area contributed by atoms with E-state index in [9.17, 15) is 9.18 Å². The molecule has 2 aliphatic rings. The molecule has 3 rings (SSSR count). The second kappa shape index (κ2) is 5.34. The number of hydrogen-bond donors (Lipinski definition) is 1. The molecule has 20 heavy (non-hydrogen) atoms. The van der Waals surface area contributed by atoms with Crippen LogP contribution in [0.3, 0.4) is 0 Å². The number of carbonyl (C=O) groups excluding carboxylic acids is 1. The molecule has 4 heteroatoms. The highest BCUT2D eigenvalue weighted by molar-refractivity contribution is 5.83. The van der Waals surface area contributed by atoms with Gasteiger partial charge in [-0.2, -0.15) is 5.26 Å². The molecule has 0 aliphatic carbocycles. The molecule has 1 aromatic rings. The van der Waals surface area contributed by atoms with Crippen LogP contribution in [-0.2, 0) is 11.2 Å². The molecule has 0 saturated carbocycles. The minimum Gasteiger partial charge on any atom is -0.311 e. The number of carbonyl (C=O) groups is 1. The maximum absolute atomic E-state index is 13.8. The van der Waals surface area contributed by atoms with Crippen LogP contribution < -0.4 is 5.32 Å². The van der Waals surface area contributed by atoms with E-state index in [1.807, 2.05) is 6.07 Å². The number of nitriles is 1. The van der Waals surface area contributed by atoms with Crippen LogP contribution >= 0.6 is 0 Å². The smallest absolute Gasteiger partial charge is 0.140 e. The topological polar surface area (TPSA) is 52.9 Å². The first-order valence-electron chi connectivity index (χ1n) is 7.13. The highest BCUT2D eigenvalue weighted by atomic mass is 19.1. The summed E-state index contributed by atoms with van der Waals surface area (Å²) in [6.45, 7) is 0. The van der Waals surface area contributed by atoms with Crippen molar-refractivity contribution < 1.29 is 9.18 Å². The molecule has 3 nitrogen and oxygen atoms in total. The Morgan fingerprint density at radius 3 is 2.65 bits per heavy atom. The number of piperidine rings is 1. The van der Waals surface area contributed by atoms with Crippen molar-refractivity contribution in [3.63, 3.8) is 0 Å². The normalized spacial score (nSPS) is 28.1. The predicted octanol–water partition coefficient (Wildman–Crippen LogP) is 2.34. The lowest BCUT2D eigenvalue weighted by Crippen LogP contribution is -2.40. The summed E-state index contributed by atoms with van der Waals surface area (Å²) in [7, 11) is 0. The quantitative estimate of drug-likeness (QED) is 0.919. The molecule has 0 amide bonds. The van der Waals surface area contributed by atoms with E-state index < -0.39 is 5.82 Å². The van der Waals surface area contributed by atoms with Crippen LogP contribution in [0.15, 0.2) is 18.2 Å². The molecule has 0 aromatic heterocycles. The van der Waals surface area contributed by atoms with Crippen molar-refractivity contribution in [1.82, 2.24) is 5.32 Å². The van der Waals surface area contributed by atoms with E-state index >= 15 is 0 Å². The van der Waals surface area contributed by atoms with Gasteiger partial charge in [0.1, 0.15) is 11.6 Å². The van der Waals surface area contributed by atoms with Gasteiger partial charge in [-0.1, -0.05) is 6.07 Å². The lowest BCUT2D eigenvalue weighted by atomic mass is 9.86. The first-order valence-corrected chi connectivity index (χ1v) is 7.13. The molecule has 0 radical (unpaired) electrons. The van der Waals surface area contributed by atoms with Crippen LogP contribution in [0, 0.1) is 23.1 Å². The van der Waals surface area contributed by atoms with Gasteiger partial charge in [0, 0.05) is 24.4 Å². The van der Waals surface area contributed by atoms with E-state index in [1.54, 1.807) is 12.1 Å². The zero-order valence-electron chi connectivity index (χ0n) is 11.2. The van der Waals surface area contributed by atoms with E-state index in [0.29, 0.717) is 23.2 Å². The van der Waals surface area contributed by atoms with Gasteiger partial charge in [0.05, 0.1) is 11.6 Å². The van der Waals surface area contributed by atoms with Gasteiger partial charge < -0.3 is 5.32 Å². The van der Waals surface area contributed by atoms with E-state index in [-0.39, 0.29) is 18.1 Å². The molecule has 2 bridgehead atoms. The summed E-state index contributed by atoms with van der Waals surface area (Å²) in [5.41, 5.74) is 0.693. The summed E-state index contributed by atoms with van der Waals surface area (Å²) in [6, 6.07) is 7.16. The average molecular weight is 272 g/mol.